The van der Waals surface area contributed by atoms with Gasteiger partial charge in [-0.3, -0.25) is 4.98 Å². The fraction of sp³-hybridized carbons (Fsp3) is 0.0909. The summed E-state index contributed by atoms with van der Waals surface area (Å²) in [5.74, 6) is 0. The van der Waals surface area contributed by atoms with Gasteiger partial charge in [-0.2, -0.15) is 5.26 Å². The normalized spacial score (nSPS) is 12.9. The van der Waals surface area contributed by atoms with Gasteiger partial charge in [0.2, 0.25) is 0 Å². The Balaban J connectivity index is 2.50. The molecule has 86 valence electrons. The number of hydrogen-bond acceptors (Lipinski definition) is 5. The zero-order valence-electron chi connectivity index (χ0n) is 8.65. The summed E-state index contributed by atoms with van der Waals surface area (Å²) in [4.78, 5) is 4.39. The van der Waals surface area contributed by atoms with Gasteiger partial charge in [0.15, 0.2) is 15.1 Å². The van der Waals surface area contributed by atoms with Crippen molar-refractivity contribution in [2.24, 2.45) is 0 Å². The molecule has 0 aliphatic carbocycles. The smallest absolute Gasteiger partial charge is 0.199 e. The third-order valence-electron chi connectivity index (χ3n) is 2.21. The highest BCUT2D eigenvalue weighted by Gasteiger charge is 2.30. The Morgan fingerprint density at radius 2 is 2.00 bits per heavy atom. The lowest BCUT2D eigenvalue weighted by Crippen LogP contribution is -2.10. The lowest BCUT2D eigenvalue weighted by atomic mass is 10.4. The third-order valence-corrected chi connectivity index (χ3v) is 5.11. The second kappa shape index (κ2) is 4.65. The van der Waals surface area contributed by atoms with Gasteiger partial charge in [-0.1, -0.05) is 18.2 Å². The van der Waals surface area contributed by atoms with Crippen LogP contribution in [0.2, 0.25) is 0 Å². The number of nitrogens with zero attached hydrogens (tertiary/aromatic N) is 2. The van der Waals surface area contributed by atoms with Gasteiger partial charge in [0.05, 0.1) is 21.4 Å². The zero-order valence-corrected chi connectivity index (χ0v) is 10.3. The van der Waals surface area contributed by atoms with E-state index in [1.165, 1.54) is 23.8 Å². The van der Waals surface area contributed by atoms with Crippen LogP contribution in [0, 0.1) is 11.3 Å². The first-order chi connectivity index (χ1) is 8.16. The van der Waals surface area contributed by atoms with E-state index in [4.69, 9.17) is 5.26 Å². The maximum absolute atomic E-state index is 12.2. The molecule has 0 saturated heterocycles. The first-order valence-corrected chi connectivity index (χ1v) is 7.16. The number of thiazole rings is 1. The van der Waals surface area contributed by atoms with Crippen LogP contribution in [0.15, 0.2) is 46.9 Å². The number of hydrogen-bond donors (Lipinski definition) is 0. The van der Waals surface area contributed by atoms with E-state index in [-0.39, 0.29) is 4.90 Å². The molecule has 17 heavy (non-hydrogen) atoms. The largest absolute Gasteiger partial charge is 0.253 e. The van der Waals surface area contributed by atoms with E-state index in [0.717, 1.165) is 11.3 Å². The average Bonchev–Trinajstić information content (AvgIpc) is 2.84. The van der Waals surface area contributed by atoms with Gasteiger partial charge in [-0.05, 0) is 12.1 Å². The predicted octanol–water partition coefficient (Wildman–Crippen LogP) is 2.18. The van der Waals surface area contributed by atoms with Crippen molar-refractivity contribution in [1.82, 2.24) is 4.98 Å². The molecule has 0 saturated carbocycles. The van der Waals surface area contributed by atoms with Gasteiger partial charge in [0.25, 0.3) is 0 Å². The Morgan fingerprint density at radius 3 is 2.53 bits per heavy atom. The Morgan fingerprint density at radius 1 is 1.29 bits per heavy atom. The van der Waals surface area contributed by atoms with Crippen molar-refractivity contribution >= 4 is 21.2 Å². The van der Waals surface area contributed by atoms with Crippen LogP contribution in [0.4, 0.5) is 0 Å². The standard InChI is InChI=1S/C11H8N2O2S2/c12-6-11(10-7-13-8-16-10)17(14,15)9-4-2-1-3-5-9/h1-5,7-8,11H. The van der Waals surface area contributed by atoms with E-state index < -0.39 is 15.1 Å². The summed E-state index contributed by atoms with van der Waals surface area (Å²) in [6, 6.07) is 9.79. The number of aromatic nitrogens is 1. The molecule has 0 amide bonds. The van der Waals surface area contributed by atoms with Crippen LogP contribution in [0.25, 0.3) is 0 Å². The molecule has 0 fully saturated rings. The van der Waals surface area contributed by atoms with Crippen molar-refractivity contribution < 1.29 is 8.42 Å². The van der Waals surface area contributed by atoms with Gasteiger partial charge in [-0.15, -0.1) is 11.3 Å². The zero-order chi connectivity index (χ0) is 12.3. The Labute approximate surface area is 103 Å². The van der Waals surface area contributed by atoms with Crippen LogP contribution in [0.1, 0.15) is 10.1 Å². The van der Waals surface area contributed by atoms with Gasteiger partial charge in [0, 0.05) is 6.20 Å². The van der Waals surface area contributed by atoms with Crippen molar-refractivity contribution in [3.05, 3.63) is 46.9 Å². The monoisotopic (exact) mass is 264 g/mol. The van der Waals surface area contributed by atoms with Crippen molar-refractivity contribution in [3.63, 3.8) is 0 Å². The van der Waals surface area contributed by atoms with Crippen molar-refractivity contribution in [1.29, 1.82) is 5.26 Å². The van der Waals surface area contributed by atoms with Crippen molar-refractivity contribution in [2.75, 3.05) is 0 Å². The molecule has 0 N–H and O–H groups in total. The van der Waals surface area contributed by atoms with E-state index >= 15 is 0 Å². The van der Waals surface area contributed by atoms with Crippen LogP contribution in [0.5, 0.6) is 0 Å². The first-order valence-electron chi connectivity index (χ1n) is 4.73. The van der Waals surface area contributed by atoms with Gasteiger partial charge < -0.3 is 0 Å². The number of nitriles is 1. The fourth-order valence-corrected chi connectivity index (χ4v) is 3.79. The molecule has 4 nitrogen and oxygen atoms in total. The Kier molecular flexibility index (Phi) is 3.22. The van der Waals surface area contributed by atoms with Gasteiger partial charge in [0.1, 0.15) is 0 Å². The van der Waals surface area contributed by atoms with Crippen LogP contribution in [0.3, 0.4) is 0 Å². The average molecular weight is 264 g/mol. The highest BCUT2D eigenvalue weighted by molar-refractivity contribution is 7.92. The molecule has 1 aromatic carbocycles. The molecule has 0 radical (unpaired) electrons. The minimum atomic E-state index is -3.66. The summed E-state index contributed by atoms with van der Waals surface area (Å²) < 4.78 is 24.4. The van der Waals surface area contributed by atoms with Crippen LogP contribution in [-0.4, -0.2) is 13.4 Å². The number of sulfone groups is 1. The molecule has 0 spiro atoms. The highest BCUT2D eigenvalue weighted by atomic mass is 32.2. The van der Waals surface area contributed by atoms with Crippen LogP contribution < -0.4 is 0 Å². The van der Waals surface area contributed by atoms with Crippen molar-refractivity contribution in [3.8, 4) is 6.07 Å². The topological polar surface area (TPSA) is 70.8 Å². The quantitative estimate of drug-likeness (QED) is 0.852. The predicted molar refractivity (Wildman–Crippen MR) is 64.1 cm³/mol. The van der Waals surface area contributed by atoms with Crippen molar-refractivity contribution in [2.45, 2.75) is 10.1 Å². The molecule has 1 unspecified atom stereocenters. The molecule has 1 aromatic heterocycles. The summed E-state index contributed by atoms with van der Waals surface area (Å²) in [6.07, 6.45) is 1.42. The lowest BCUT2D eigenvalue weighted by Gasteiger charge is -2.08. The molecule has 1 heterocycles. The second-order valence-electron chi connectivity index (χ2n) is 3.27. The summed E-state index contributed by atoms with van der Waals surface area (Å²) in [7, 11) is -3.66. The minimum absolute atomic E-state index is 0.153. The van der Waals surface area contributed by atoms with E-state index in [2.05, 4.69) is 4.98 Å². The molecule has 0 aliphatic rings. The van der Waals surface area contributed by atoms with Crippen LogP contribution >= 0.6 is 11.3 Å². The molecule has 2 rings (SSSR count). The van der Waals surface area contributed by atoms with Crippen LogP contribution in [-0.2, 0) is 9.84 Å². The maximum Gasteiger partial charge on any atom is 0.199 e. The van der Waals surface area contributed by atoms with E-state index in [9.17, 15) is 8.42 Å². The van der Waals surface area contributed by atoms with Gasteiger partial charge >= 0.3 is 0 Å². The van der Waals surface area contributed by atoms with E-state index in [1.54, 1.807) is 18.2 Å². The third kappa shape index (κ3) is 2.20. The Hall–Kier alpha value is -1.71. The van der Waals surface area contributed by atoms with E-state index in [0.29, 0.717) is 4.88 Å². The highest BCUT2D eigenvalue weighted by Crippen LogP contribution is 2.30. The molecule has 1 atom stereocenters. The summed E-state index contributed by atoms with van der Waals surface area (Å²) >= 11 is 1.16. The molecular weight excluding hydrogens is 256 g/mol. The van der Waals surface area contributed by atoms with Gasteiger partial charge in [-0.25, -0.2) is 8.42 Å². The summed E-state index contributed by atoms with van der Waals surface area (Å²) in [6.45, 7) is 0. The summed E-state index contributed by atoms with van der Waals surface area (Å²) in [5, 5.41) is 7.86. The molecule has 0 bridgehead atoms. The first kappa shape index (κ1) is 11.8. The molecule has 2 aromatic rings. The lowest BCUT2D eigenvalue weighted by molar-refractivity contribution is 0.591. The second-order valence-corrected chi connectivity index (χ2v) is 6.22. The molecular formula is C11H8N2O2S2. The van der Waals surface area contributed by atoms with E-state index in [1.807, 2.05) is 6.07 Å². The maximum atomic E-state index is 12.2. The molecule has 6 heteroatoms. The SMILES string of the molecule is N#CC(c1cncs1)S(=O)(=O)c1ccccc1. The number of benzene rings is 1. The number of rotatable bonds is 3. The fourth-order valence-electron chi connectivity index (χ4n) is 1.39. The minimum Gasteiger partial charge on any atom is -0.253 e. The Bertz CT molecular complexity index is 628. The molecule has 0 aliphatic heterocycles. The summed E-state index contributed by atoms with van der Waals surface area (Å²) in [5.41, 5.74) is 1.51.